The molecule has 0 saturated carbocycles. The van der Waals surface area contributed by atoms with E-state index in [2.05, 4.69) is 22.5 Å². The van der Waals surface area contributed by atoms with Crippen molar-refractivity contribution in [2.45, 2.75) is 26.3 Å². The Morgan fingerprint density at radius 3 is 2.54 bits per heavy atom. The van der Waals surface area contributed by atoms with E-state index in [4.69, 9.17) is 23.2 Å². The lowest BCUT2D eigenvalue weighted by atomic mass is 10.1. The number of nitrogens with one attached hydrogen (secondary N) is 2. The first-order valence-electron chi connectivity index (χ1n) is 7.55. The molecule has 1 aromatic carbocycles. The van der Waals surface area contributed by atoms with E-state index in [1.54, 1.807) is 26.2 Å². The maximum Gasteiger partial charge on any atom is 0.243 e. The number of likely N-dealkylation sites (N-methyl/N-ethyl adjacent to an activating group) is 1. The molecule has 1 atom stereocenters. The zero-order valence-corrected chi connectivity index (χ0v) is 18.2. The van der Waals surface area contributed by atoms with Gasteiger partial charge in [0.1, 0.15) is 6.54 Å². The van der Waals surface area contributed by atoms with Crippen molar-refractivity contribution in [2.75, 3.05) is 27.2 Å². The highest BCUT2D eigenvalue weighted by Crippen LogP contribution is 2.25. The number of amides is 1. The summed E-state index contributed by atoms with van der Waals surface area (Å²) in [5.41, 5.74) is 0.918. The Labute approximate surface area is 171 Å². The molecule has 0 bridgehead atoms. The van der Waals surface area contributed by atoms with E-state index in [1.165, 1.54) is 4.90 Å². The fourth-order valence-electron chi connectivity index (χ4n) is 1.82. The molecule has 136 valence electrons. The van der Waals surface area contributed by atoms with Crippen LogP contribution in [0.1, 0.15) is 31.9 Å². The van der Waals surface area contributed by atoms with Gasteiger partial charge in [-0.05, 0) is 31.0 Å². The maximum atomic E-state index is 11.7. The molecule has 0 heterocycles. The van der Waals surface area contributed by atoms with Crippen LogP contribution in [0.15, 0.2) is 23.2 Å². The van der Waals surface area contributed by atoms with Crippen LogP contribution in [0, 0.1) is 0 Å². The molecule has 24 heavy (non-hydrogen) atoms. The molecular weight excluding hydrogens is 462 g/mol. The molecule has 1 rings (SSSR count). The number of rotatable bonds is 6. The first-order chi connectivity index (χ1) is 10.8. The number of benzene rings is 1. The minimum Gasteiger partial charge on any atom is -0.356 e. The van der Waals surface area contributed by atoms with Crippen LogP contribution in [0.25, 0.3) is 0 Å². The van der Waals surface area contributed by atoms with Gasteiger partial charge in [-0.15, -0.1) is 24.0 Å². The Kier molecular flexibility index (Phi) is 11.4. The van der Waals surface area contributed by atoms with Crippen LogP contribution in [0.3, 0.4) is 0 Å². The number of hydrogen-bond donors (Lipinski definition) is 2. The van der Waals surface area contributed by atoms with Gasteiger partial charge >= 0.3 is 0 Å². The Bertz CT molecular complexity index is 567. The number of guanidine groups is 1. The van der Waals surface area contributed by atoms with Crippen LogP contribution in [-0.2, 0) is 4.79 Å². The van der Waals surface area contributed by atoms with Crippen molar-refractivity contribution in [2.24, 2.45) is 4.99 Å². The van der Waals surface area contributed by atoms with E-state index >= 15 is 0 Å². The fourth-order valence-corrected chi connectivity index (χ4v) is 2.39. The number of aliphatic imine (C=N–C) groups is 1. The Balaban J connectivity index is 0.00000529. The van der Waals surface area contributed by atoms with Gasteiger partial charge < -0.3 is 15.5 Å². The van der Waals surface area contributed by atoms with Crippen LogP contribution in [0.2, 0.25) is 10.0 Å². The molecule has 0 fully saturated rings. The molecule has 0 aliphatic carbocycles. The van der Waals surface area contributed by atoms with E-state index in [1.807, 2.05) is 13.0 Å². The Hall–Kier alpha value is -0.730. The summed E-state index contributed by atoms with van der Waals surface area (Å²) >= 11 is 12.2. The first kappa shape index (κ1) is 23.3. The fraction of sp³-hybridized carbons (Fsp3) is 0.500. The molecular formula is C16H25Cl2IN4O. The van der Waals surface area contributed by atoms with Gasteiger partial charge in [0.05, 0.1) is 6.04 Å². The van der Waals surface area contributed by atoms with Gasteiger partial charge in [0, 0.05) is 30.7 Å². The smallest absolute Gasteiger partial charge is 0.243 e. The molecule has 1 aromatic rings. The van der Waals surface area contributed by atoms with Crippen LogP contribution < -0.4 is 10.6 Å². The second-order valence-corrected chi connectivity index (χ2v) is 6.26. The molecule has 0 saturated heterocycles. The monoisotopic (exact) mass is 486 g/mol. The van der Waals surface area contributed by atoms with Gasteiger partial charge in [-0.25, -0.2) is 4.99 Å². The molecule has 0 aliphatic rings. The second-order valence-electron chi connectivity index (χ2n) is 5.41. The van der Waals surface area contributed by atoms with Crippen LogP contribution >= 0.6 is 47.2 Å². The van der Waals surface area contributed by atoms with Crippen LogP contribution in [0.5, 0.6) is 0 Å². The quantitative estimate of drug-likeness (QED) is 0.366. The zero-order valence-electron chi connectivity index (χ0n) is 14.4. The molecule has 8 heteroatoms. The highest BCUT2D eigenvalue weighted by molar-refractivity contribution is 14.0. The van der Waals surface area contributed by atoms with E-state index in [9.17, 15) is 4.79 Å². The lowest BCUT2D eigenvalue weighted by molar-refractivity contribution is -0.127. The van der Waals surface area contributed by atoms with Gasteiger partial charge in [0.2, 0.25) is 5.91 Å². The molecule has 2 N–H and O–H groups in total. The van der Waals surface area contributed by atoms with Crippen molar-refractivity contribution in [3.05, 3.63) is 33.8 Å². The third-order valence-corrected chi connectivity index (χ3v) is 3.76. The van der Waals surface area contributed by atoms with E-state index in [0.29, 0.717) is 16.0 Å². The third kappa shape index (κ3) is 7.90. The Morgan fingerprint density at radius 2 is 2.00 bits per heavy atom. The largest absolute Gasteiger partial charge is 0.356 e. The molecule has 1 unspecified atom stereocenters. The van der Waals surface area contributed by atoms with Crippen molar-refractivity contribution >= 4 is 59.0 Å². The predicted octanol–water partition coefficient (Wildman–Crippen LogP) is 3.71. The van der Waals surface area contributed by atoms with Gasteiger partial charge in [0.25, 0.3) is 0 Å². The highest BCUT2D eigenvalue weighted by atomic mass is 127. The van der Waals surface area contributed by atoms with E-state index in [-0.39, 0.29) is 42.5 Å². The van der Waals surface area contributed by atoms with Crippen molar-refractivity contribution < 1.29 is 4.79 Å². The first-order valence-corrected chi connectivity index (χ1v) is 8.30. The maximum absolute atomic E-state index is 11.7. The Morgan fingerprint density at radius 1 is 1.33 bits per heavy atom. The number of hydrogen-bond acceptors (Lipinski definition) is 2. The van der Waals surface area contributed by atoms with Crippen molar-refractivity contribution in [3.63, 3.8) is 0 Å². The van der Waals surface area contributed by atoms with Crippen LogP contribution in [-0.4, -0.2) is 44.0 Å². The van der Waals surface area contributed by atoms with Gasteiger partial charge in [-0.2, -0.15) is 0 Å². The minimum absolute atomic E-state index is 0. The third-order valence-electron chi connectivity index (χ3n) is 3.20. The van der Waals surface area contributed by atoms with Gasteiger partial charge in [-0.1, -0.05) is 36.2 Å². The topological polar surface area (TPSA) is 56.7 Å². The van der Waals surface area contributed by atoms with Crippen molar-refractivity contribution in [1.82, 2.24) is 15.5 Å². The zero-order chi connectivity index (χ0) is 17.4. The molecule has 0 aliphatic heterocycles. The average Bonchev–Trinajstić information content (AvgIpc) is 2.49. The normalized spacial score (nSPS) is 12.2. The molecule has 0 spiro atoms. The van der Waals surface area contributed by atoms with Crippen LogP contribution in [0.4, 0.5) is 0 Å². The second kappa shape index (κ2) is 11.8. The SMILES string of the molecule is CCCNC(=NCC(=O)N(C)C)NC(C)c1ccc(Cl)cc1Cl.I. The minimum atomic E-state index is -0.0719. The summed E-state index contributed by atoms with van der Waals surface area (Å²) in [6.45, 7) is 4.90. The standard InChI is InChI=1S/C16H24Cl2N4O.HI/c1-5-8-19-16(20-10-15(23)22(3)4)21-11(2)13-7-6-12(17)9-14(13)18;/h6-7,9,11H,5,8,10H2,1-4H3,(H2,19,20,21);1H. The van der Waals surface area contributed by atoms with Crippen molar-refractivity contribution in [3.8, 4) is 0 Å². The summed E-state index contributed by atoms with van der Waals surface area (Å²) in [4.78, 5) is 17.5. The van der Waals surface area contributed by atoms with Gasteiger partial charge in [0.15, 0.2) is 5.96 Å². The average molecular weight is 487 g/mol. The lowest BCUT2D eigenvalue weighted by Crippen LogP contribution is -2.40. The molecule has 0 aromatic heterocycles. The molecule has 1 amide bonds. The van der Waals surface area contributed by atoms with E-state index < -0.39 is 0 Å². The number of carbonyl (C=O) groups is 1. The lowest BCUT2D eigenvalue weighted by Gasteiger charge is -2.20. The number of nitrogens with zero attached hydrogens (tertiary/aromatic N) is 2. The highest BCUT2D eigenvalue weighted by Gasteiger charge is 2.12. The molecule has 5 nitrogen and oxygen atoms in total. The summed E-state index contributed by atoms with van der Waals surface area (Å²) in [5.74, 6) is 0.528. The number of carbonyl (C=O) groups excluding carboxylic acids is 1. The summed E-state index contributed by atoms with van der Waals surface area (Å²) in [5, 5.41) is 7.65. The summed E-state index contributed by atoms with van der Waals surface area (Å²) < 4.78 is 0. The van der Waals surface area contributed by atoms with Crippen molar-refractivity contribution in [1.29, 1.82) is 0 Å². The summed E-state index contributed by atoms with van der Waals surface area (Å²) in [7, 11) is 3.42. The predicted molar refractivity (Wildman–Crippen MR) is 113 cm³/mol. The van der Waals surface area contributed by atoms with E-state index in [0.717, 1.165) is 18.5 Å². The number of halogens is 3. The summed E-state index contributed by atoms with van der Waals surface area (Å²) in [6, 6.07) is 5.32. The molecule has 0 radical (unpaired) electrons. The van der Waals surface area contributed by atoms with Gasteiger partial charge in [-0.3, -0.25) is 4.79 Å². The summed E-state index contributed by atoms with van der Waals surface area (Å²) in [6.07, 6.45) is 0.957.